The number of rotatable bonds is 11. The van der Waals surface area contributed by atoms with Crippen LogP contribution in [-0.4, -0.2) is 45.9 Å². The first-order chi connectivity index (χ1) is 11.3. The van der Waals surface area contributed by atoms with E-state index >= 15 is 0 Å². The van der Waals surface area contributed by atoms with E-state index in [1.165, 1.54) is 5.56 Å². The highest BCUT2D eigenvalue weighted by molar-refractivity contribution is 14.0. The minimum absolute atomic E-state index is 0. The number of guanidine groups is 1. The molecule has 0 saturated carbocycles. The van der Waals surface area contributed by atoms with Crippen molar-refractivity contribution in [3.05, 3.63) is 29.8 Å². The number of unbranched alkanes of at least 4 members (excludes halogenated alkanes) is 1. The number of nitrogens with zero attached hydrogens (tertiary/aromatic N) is 1. The summed E-state index contributed by atoms with van der Waals surface area (Å²) in [5.41, 5.74) is 1.20. The van der Waals surface area contributed by atoms with Crippen LogP contribution in [0, 0.1) is 0 Å². The third kappa shape index (κ3) is 9.97. The zero-order valence-corrected chi connectivity index (χ0v) is 17.5. The Morgan fingerprint density at radius 3 is 2.62 bits per heavy atom. The van der Waals surface area contributed by atoms with Crippen molar-refractivity contribution in [2.24, 2.45) is 4.99 Å². The summed E-state index contributed by atoms with van der Waals surface area (Å²) in [6, 6.07) is 8.12. The van der Waals surface area contributed by atoms with Crippen molar-refractivity contribution in [3.8, 4) is 5.75 Å². The fourth-order valence-electron chi connectivity index (χ4n) is 2.22. The molecule has 0 bridgehead atoms. The van der Waals surface area contributed by atoms with E-state index in [0.29, 0.717) is 0 Å². The molecule has 0 atom stereocenters. The van der Waals surface area contributed by atoms with Crippen molar-refractivity contribution in [2.45, 2.75) is 33.1 Å². The number of hydrogen-bond donors (Lipinski definition) is 2. The normalized spacial score (nSPS) is 10.9. The Labute approximate surface area is 163 Å². The van der Waals surface area contributed by atoms with Gasteiger partial charge in [-0.25, -0.2) is 0 Å². The number of ether oxygens (including phenoxy) is 2. The maximum Gasteiger partial charge on any atom is 0.191 e. The average Bonchev–Trinajstić information content (AvgIpc) is 2.58. The molecular formula is C18H32IN3O2. The molecule has 0 fully saturated rings. The van der Waals surface area contributed by atoms with E-state index in [9.17, 15) is 0 Å². The number of nitrogens with one attached hydrogen (secondary N) is 2. The lowest BCUT2D eigenvalue weighted by atomic mass is 10.1. The summed E-state index contributed by atoms with van der Waals surface area (Å²) < 4.78 is 10.7. The predicted molar refractivity (Wildman–Crippen MR) is 112 cm³/mol. The molecule has 5 nitrogen and oxygen atoms in total. The van der Waals surface area contributed by atoms with Crippen LogP contribution in [0.3, 0.4) is 0 Å². The molecule has 1 aromatic carbocycles. The summed E-state index contributed by atoms with van der Waals surface area (Å²) in [6.45, 7) is 8.21. The second kappa shape index (κ2) is 15.5. The smallest absolute Gasteiger partial charge is 0.191 e. The van der Waals surface area contributed by atoms with Gasteiger partial charge in [0, 0.05) is 32.8 Å². The van der Waals surface area contributed by atoms with Gasteiger partial charge in [0.2, 0.25) is 0 Å². The maximum atomic E-state index is 5.38. The Morgan fingerprint density at radius 1 is 1.12 bits per heavy atom. The molecule has 1 rings (SSSR count). The number of benzene rings is 1. The molecule has 0 aliphatic heterocycles. The zero-order chi connectivity index (χ0) is 16.8. The second-order valence-electron chi connectivity index (χ2n) is 5.15. The van der Waals surface area contributed by atoms with Crippen molar-refractivity contribution in [3.63, 3.8) is 0 Å². The monoisotopic (exact) mass is 449 g/mol. The van der Waals surface area contributed by atoms with Gasteiger partial charge in [-0.1, -0.05) is 18.2 Å². The van der Waals surface area contributed by atoms with Crippen LogP contribution in [-0.2, 0) is 11.2 Å². The molecule has 138 valence electrons. The van der Waals surface area contributed by atoms with Crippen molar-refractivity contribution < 1.29 is 9.47 Å². The number of hydrogen-bond acceptors (Lipinski definition) is 3. The van der Waals surface area contributed by atoms with E-state index in [1.54, 1.807) is 7.11 Å². The topological polar surface area (TPSA) is 54.9 Å². The first-order valence-corrected chi connectivity index (χ1v) is 8.53. The molecule has 0 aromatic heterocycles. The average molecular weight is 449 g/mol. The standard InChI is InChI=1S/C18H31N3O2.HI/c1-4-19-18(20-13-8-9-15-23-5-2)21-14-12-16-10-6-7-11-17(16)22-3;/h6-7,10-11H,4-5,8-9,12-15H2,1-3H3,(H2,19,20,21);1H. The van der Waals surface area contributed by atoms with E-state index < -0.39 is 0 Å². The third-order valence-corrected chi connectivity index (χ3v) is 3.39. The Kier molecular flexibility index (Phi) is 14.8. The quantitative estimate of drug-likeness (QED) is 0.236. The van der Waals surface area contributed by atoms with Gasteiger partial charge in [0.1, 0.15) is 5.75 Å². The van der Waals surface area contributed by atoms with Gasteiger partial charge in [-0.05, 0) is 44.7 Å². The molecule has 2 N–H and O–H groups in total. The van der Waals surface area contributed by atoms with Gasteiger partial charge in [0.25, 0.3) is 0 Å². The van der Waals surface area contributed by atoms with E-state index in [-0.39, 0.29) is 24.0 Å². The van der Waals surface area contributed by atoms with Crippen LogP contribution >= 0.6 is 24.0 Å². The minimum Gasteiger partial charge on any atom is -0.496 e. The highest BCUT2D eigenvalue weighted by atomic mass is 127. The summed E-state index contributed by atoms with van der Waals surface area (Å²) in [5.74, 6) is 1.81. The lowest BCUT2D eigenvalue weighted by molar-refractivity contribution is 0.144. The lowest BCUT2D eigenvalue weighted by Crippen LogP contribution is -2.38. The molecule has 0 spiro atoms. The van der Waals surface area contributed by atoms with Crippen LogP contribution in [0.5, 0.6) is 5.75 Å². The summed E-state index contributed by atoms with van der Waals surface area (Å²) >= 11 is 0. The van der Waals surface area contributed by atoms with Gasteiger partial charge in [-0.3, -0.25) is 4.99 Å². The van der Waals surface area contributed by atoms with Gasteiger partial charge >= 0.3 is 0 Å². The van der Waals surface area contributed by atoms with Gasteiger partial charge < -0.3 is 20.1 Å². The molecule has 0 saturated heterocycles. The van der Waals surface area contributed by atoms with Crippen molar-refractivity contribution >= 4 is 29.9 Å². The predicted octanol–water partition coefficient (Wildman–Crippen LogP) is 3.23. The Morgan fingerprint density at radius 2 is 1.92 bits per heavy atom. The van der Waals surface area contributed by atoms with E-state index in [0.717, 1.165) is 63.8 Å². The Hall–Kier alpha value is -1.02. The highest BCUT2D eigenvalue weighted by Crippen LogP contribution is 2.17. The molecule has 1 aromatic rings. The molecule has 0 unspecified atom stereocenters. The van der Waals surface area contributed by atoms with Gasteiger partial charge in [0.15, 0.2) is 5.96 Å². The van der Waals surface area contributed by atoms with Crippen LogP contribution in [0.25, 0.3) is 0 Å². The Bertz CT molecular complexity index is 456. The van der Waals surface area contributed by atoms with Crippen molar-refractivity contribution in [1.29, 1.82) is 0 Å². The molecule has 6 heteroatoms. The molecule has 0 aliphatic carbocycles. The summed E-state index contributed by atoms with van der Waals surface area (Å²) in [6.07, 6.45) is 3.00. The molecular weight excluding hydrogens is 417 g/mol. The number of para-hydroxylation sites is 1. The summed E-state index contributed by atoms with van der Waals surface area (Å²) in [5, 5.41) is 6.65. The van der Waals surface area contributed by atoms with E-state index in [2.05, 4.69) is 28.6 Å². The zero-order valence-electron chi connectivity index (χ0n) is 15.1. The first-order valence-electron chi connectivity index (χ1n) is 8.53. The summed E-state index contributed by atoms with van der Waals surface area (Å²) in [7, 11) is 1.71. The highest BCUT2D eigenvalue weighted by Gasteiger charge is 2.02. The number of aliphatic imine (C=N–C) groups is 1. The molecule has 0 amide bonds. The Balaban J connectivity index is 0.00000529. The van der Waals surface area contributed by atoms with Crippen molar-refractivity contribution in [1.82, 2.24) is 10.6 Å². The lowest BCUT2D eigenvalue weighted by Gasteiger charge is -2.12. The summed E-state index contributed by atoms with van der Waals surface area (Å²) in [4.78, 5) is 4.59. The van der Waals surface area contributed by atoms with Crippen LogP contribution in [0.1, 0.15) is 32.3 Å². The fourth-order valence-corrected chi connectivity index (χ4v) is 2.22. The number of methoxy groups -OCH3 is 1. The van der Waals surface area contributed by atoms with Crippen LogP contribution in [0.15, 0.2) is 29.3 Å². The van der Waals surface area contributed by atoms with Gasteiger partial charge in [-0.15, -0.1) is 24.0 Å². The molecule has 0 heterocycles. The molecule has 0 radical (unpaired) electrons. The second-order valence-corrected chi connectivity index (χ2v) is 5.15. The van der Waals surface area contributed by atoms with E-state index in [4.69, 9.17) is 9.47 Å². The minimum atomic E-state index is 0. The SMILES string of the molecule is CCNC(=NCCCCOCC)NCCc1ccccc1OC.I. The molecule has 24 heavy (non-hydrogen) atoms. The van der Waals surface area contributed by atoms with Crippen LogP contribution in [0.4, 0.5) is 0 Å². The molecule has 0 aliphatic rings. The van der Waals surface area contributed by atoms with Gasteiger partial charge in [0.05, 0.1) is 7.11 Å². The van der Waals surface area contributed by atoms with Crippen LogP contribution in [0.2, 0.25) is 0 Å². The first kappa shape index (κ1) is 23.0. The van der Waals surface area contributed by atoms with E-state index in [1.807, 2.05) is 25.1 Å². The maximum absolute atomic E-state index is 5.38. The third-order valence-electron chi connectivity index (χ3n) is 3.39. The van der Waals surface area contributed by atoms with Crippen LogP contribution < -0.4 is 15.4 Å². The number of halogens is 1. The van der Waals surface area contributed by atoms with Gasteiger partial charge in [-0.2, -0.15) is 0 Å². The fraction of sp³-hybridized carbons (Fsp3) is 0.611. The van der Waals surface area contributed by atoms with Crippen molar-refractivity contribution in [2.75, 3.05) is 40.0 Å². The largest absolute Gasteiger partial charge is 0.496 e.